The highest BCUT2D eigenvalue weighted by molar-refractivity contribution is 7.92. The summed E-state index contributed by atoms with van der Waals surface area (Å²) in [5.41, 5.74) is 0.0838. The fourth-order valence-corrected chi connectivity index (χ4v) is 3.94. The SMILES string of the molecule is CS(=O)(=O)Nc1ccc(Cl)c(C(=O)N2CCN(c3cccc(C(F)(F)F)c3)CC2)c1. The molecule has 1 fully saturated rings. The average molecular weight is 462 g/mol. The minimum Gasteiger partial charge on any atom is -0.368 e. The molecule has 1 aliphatic rings. The van der Waals surface area contributed by atoms with Gasteiger partial charge >= 0.3 is 6.18 Å². The molecule has 1 heterocycles. The van der Waals surface area contributed by atoms with Gasteiger partial charge in [0.15, 0.2) is 0 Å². The molecule has 0 unspecified atom stereocenters. The number of hydrogen-bond acceptors (Lipinski definition) is 4. The molecule has 3 rings (SSSR count). The van der Waals surface area contributed by atoms with E-state index in [9.17, 15) is 26.4 Å². The first-order valence-electron chi connectivity index (χ1n) is 8.93. The maximum atomic E-state index is 12.9. The fourth-order valence-electron chi connectivity index (χ4n) is 3.18. The molecule has 0 atom stereocenters. The van der Waals surface area contributed by atoms with E-state index in [0.29, 0.717) is 18.8 Å². The van der Waals surface area contributed by atoms with Crippen LogP contribution in [0.25, 0.3) is 0 Å². The van der Waals surface area contributed by atoms with Gasteiger partial charge in [-0.25, -0.2) is 8.42 Å². The molecule has 162 valence electrons. The number of alkyl halides is 3. The van der Waals surface area contributed by atoms with Crippen LogP contribution in [0.5, 0.6) is 0 Å². The molecule has 0 bridgehead atoms. The van der Waals surface area contributed by atoms with Gasteiger partial charge in [-0.2, -0.15) is 13.2 Å². The van der Waals surface area contributed by atoms with Gasteiger partial charge in [-0.15, -0.1) is 0 Å². The lowest BCUT2D eigenvalue weighted by molar-refractivity contribution is -0.137. The Labute approximate surface area is 177 Å². The molecular formula is C19H19ClF3N3O3S. The molecule has 1 saturated heterocycles. The van der Waals surface area contributed by atoms with E-state index < -0.39 is 21.8 Å². The van der Waals surface area contributed by atoms with Crippen LogP contribution in [0.4, 0.5) is 24.5 Å². The van der Waals surface area contributed by atoms with E-state index in [1.165, 1.54) is 29.2 Å². The molecule has 1 aliphatic heterocycles. The molecule has 0 saturated carbocycles. The summed E-state index contributed by atoms with van der Waals surface area (Å²) in [5.74, 6) is -0.374. The van der Waals surface area contributed by atoms with Crippen LogP contribution >= 0.6 is 11.6 Å². The van der Waals surface area contributed by atoms with Gasteiger partial charge in [0, 0.05) is 37.6 Å². The molecular weight excluding hydrogens is 443 g/mol. The Morgan fingerprint density at radius 1 is 1.07 bits per heavy atom. The Morgan fingerprint density at radius 3 is 2.33 bits per heavy atom. The minimum absolute atomic E-state index is 0.151. The molecule has 0 spiro atoms. The number of carbonyl (C=O) groups is 1. The van der Waals surface area contributed by atoms with Crippen molar-refractivity contribution in [2.24, 2.45) is 0 Å². The minimum atomic E-state index is -4.42. The third-order valence-corrected chi connectivity index (χ3v) is 5.54. The van der Waals surface area contributed by atoms with E-state index >= 15 is 0 Å². The molecule has 30 heavy (non-hydrogen) atoms. The molecule has 0 radical (unpaired) electrons. The molecule has 1 amide bonds. The maximum absolute atomic E-state index is 12.9. The van der Waals surface area contributed by atoms with Crippen LogP contribution in [0, 0.1) is 0 Å². The maximum Gasteiger partial charge on any atom is 0.416 e. The Balaban J connectivity index is 1.71. The summed E-state index contributed by atoms with van der Waals surface area (Å²) in [7, 11) is -3.51. The first-order valence-corrected chi connectivity index (χ1v) is 11.2. The highest BCUT2D eigenvalue weighted by Crippen LogP contribution is 2.32. The van der Waals surface area contributed by atoms with E-state index in [1.807, 2.05) is 0 Å². The molecule has 2 aromatic carbocycles. The summed E-state index contributed by atoms with van der Waals surface area (Å²) in [6, 6.07) is 9.31. The van der Waals surface area contributed by atoms with Crippen LogP contribution in [0.15, 0.2) is 42.5 Å². The van der Waals surface area contributed by atoms with Gasteiger partial charge in [0.2, 0.25) is 10.0 Å². The van der Waals surface area contributed by atoms with Gasteiger partial charge in [-0.05, 0) is 36.4 Å². The van der Waals surface area contributed by atoms with Crippen LogP contribution in [-0.2, 0) is 16.2 Å². The number of nitrogens with one attached hydrogen (secondary N) is 1. The van der Waals surface area contributed by atoms with Crippen molar-refractivity contribution in [1.82, 2.24) is 4.90 Å². The Hall–Kier alpha value is -2.46. The number of sulfonamides is 1. The van der Waals surface area contributed by atoms with Gasteiger partial charge in [0.1, 0.15) is 0 Å². The topological polar surface area (TPSA) is 69.7 Å². The predicted molar refractivity (Wildman–Crippen MR) is 109 cm³/mol. The largest absolute Gasteiger partial charge is 0.416 e. The summed E-state index contributed by atoms with van der Waals surface area (Å²) in [6.45, 7) is 1.28. The number of hydrogen-bond donors (Lipinski definition) is 1. The molecule has 0 aromatic heterocycles. The van der Waals surface area contributed by atoms with E-state index in [0.717, 1.165) is 18.4 Å². The van der Waals surface area contributed by atoms with Crippen molar-refractivity contribution in [2.45, 2.75) is 6.18 Å². The van der Waals surface area contributed by atoms with Gasteiger partial charge in [0.05, 0.1) is 22.4 Å². The quantitative estimate of drug-likeness (QED) is 0.754. The molecule has 0 aliphatic carbocycles. The number of carbonyl (C=O) groups excluding carboxylic acids is 1. The van der Waals surface area contributed by atoms with Crippen molar-refractivity contribution < 1.29 is 26.4 Å². The van der Waals surface area contributed by atoms with Crippen LogP contribution in [0.3, 0.4) is 0 Å². The van der Waals surface area contributed by atoms with Crippen LogP contribution in [0.1, 0.15) is 15.9 Å². The first kappa shape index (κ1) is 22.2. The normalized spacial score (nSPS) is 15.2. The summed E-state index contributed by atoms with van der Waals surface area (Å²) in [4.78, 5) is 16.2. The third-order valence-electron chi connectivity index (χ3n) is 4.61. The monoisotopic (exact) mass is 461 g/mol. The zero-order chi connectivity index (χ0) is 22.1. The van der Waals surface area contributed by atoms with Crippen molar-refractivity contribution in [3.63, 3.8) is 0 Å². The van der Waals surface area contributed by atoms with Crippen LogP contribution in [0.2, 0.25) is 5.02 Å². The Bertz CT molecular complexity index is 1050. The van der Waals surface area contributed by atoms with Crippen molar-refractivity contribution in [3.05, 3.63) is 58.6 Å². The van der Waals surface area contributed by atoms with Crippen LogP contribution in [-0.4, -0.2) is 51.7 Å². The van der Waals surface area contributed by atoms with Gasteiger partial charge in [0.25, 0.3) is 5.91 Å². The number of nitrogens with zero attached hydrogens (tertiary/aromatic N) is 2. The summed E-state index contributed by atoms with van der Waals surface area (Å²) < 4.78 is 63.9. The highest BCUT2D eigenvalue weighted by atomic mass is 35.5. The van der Waals surface area contributed by atoms with E-state index in [4.69, 9.17) is 11.6 Å². The van der Waals surface area contributed by atoms with E-state index in [1.54, 1.807) is 11.0 Å². The molecule has 1 N–H and O–H groups in total. The Kier molecular flexibility index (Phi) is 6.19. The molecule has 2 aromatic rings. The second kappa shape index (κ2) is 8.35. The second-order valence-corrected chi connectivity index (χ2v) is 9.05. The standard InChI is InChI=1S/C19H19ClF3N3O3S/c1-30(28,29)24-14-5-6-17(20)16(12-14)18(27)26-9-7-25(8-10-26)15-4-2-3-13(11-15)19(21,22)23/h2-6,11-12,24H,7-10H2,1H3. The number of anilines is 2. The highest BCUT2D eigenvalue weighted by Gasteiger charge is 2.31. The lowest BCUT2D eigenvalue weighted by Gasteiger charge is -2.36. The van der Waals surface area contributed by atoms with E-state index in [-0.39, 0.29) is 35.3 Å². The average Bonchev–Trinajstić information content (AvgIpc) is 2.67. The first-order chi connectivity index (χ1) is 13.9. The summed E-state index contributed by atoms with van der Waals surface area (Å²) in [6.07, 6.45) is -3.42. The van der Waals surface area contributed by atoms with E-state index in [2.05, 4.69) is 4.72 Å². The summed E-state index contributed by atoms with van der Waals surface area (Å²) in [5, 5.41) is 0.180. The smallest absolute Gasteiger partial charge is 0.368 e. The second-order valence-electron chi connectivity index (χ2n) is 6.90. The van der Waals surface area contributed by atoms with Gasteiger partial charge < -0.3 is 9.80 Å². The number of halogens is 4. The van der Waals surface area contributed by atoms with Crippen molar-refractivity contribution in [1.29, 1.82) is 0 Å². The number of rotatable bonds is 4. The molecule has 6 nitrogen and oxygen atoms in total. The number of piperazine rings is 1. The molecule has 11 heteroatoms. The predicted octanol–water partition coefficient (Wildman–Crippen LogP) is 3.69. The summed E-state index contributed by atoms with van der Waals surface area (Å²) >= 11 is 6.12. The zero-order valence-corrected chi connectivity index (χ0v) is 17.5. The third kappa shape index (κ3) is 5.37. The number of benzene rings is 2. The Morgan fingerprint density at radius 2 is 1.73 bits per heavy atom. The van der Waals surface area contributed by atoms with Gasteiger partial charge in [-0.1, -0.05) is 17.7 Å². The van der Waals surface area contributed by atoms with Crippen LogP contribution < -0.4 is 9.62 Å². The lowest BCUT2D eigenvalue weighted by Crippen LogP contribution is -2.48. The zero-order valence-electron chi connectivity index (χ0n) is 15.9. The van der Waals surface area contributed by atoms with Crippen molar-refractivity contribution in [3.8, 4) is 0 Å². The fraction of sp³-hybridized carbons (Fsp3) is 0.316. The van der Waals surface area contributed by atoms with Crippen molar-refractivity contribution in [2.75, 3.05) is 42.1 Å². The number of amides is 1. The lowest BCUT2D eigenvalue weighted by atomic mass is 10.1. The van der Waals surface area contributed by atoms with Crippen molar-refractivity contribution >= 4 is 38.9 Å². The van der Waals surface area contributed by atoms with Gasteiger partial charge in [-0.3, -0.25) is 9.52 Å².